The third-order valence-corrected chi connectivity index (χ3v) is 8.84. The molecule has 6 rings (SSSR count). The average molecular weight is 566 g/mol. The van der Waals surface area contributed by atoms with E-state index in [0.29, 0.717) is 30.1 Å². The predicted molar refractivity (Wildman–Crippen MR) is 151 cm³/mol. The van der Waals surface area contributed by atoms with Gasteiger partial charge in [0.2, 0.25) is 0 Å². The van der Waals surface area contributed by atoms with Crippen LogP contribution in [0.3, 0.4) is 0 Å². The monoisotopic (exact) mass is 565 g/mol. The van der Waals surface area contributed by atoms with Crippen LogP contribution in [-0.4, -0.2) is 57.6 Å². The van der Waals surface area contributed by atoms with Crippen LogP contribution >= 0.6 is 8.38 Å². The van der Waals surface area contributed by atoms with Crippen molar-refractivity contribution in [2.75, 3.05) is 31.1 Å². The molecule has 2 N–H and O–H groups in total. The Morgan fingerprint density at radius 2 is 1.88 bits per heavy atom. The first-order valence-electron chi connectivity index (χ1n) is 13.8. The molecule has 0 atom stereocenters. The maximum atomic E-state index is 13.5. The van der Waals surface area contributed by atoms with Crippen molar-refractivity contribution < 1.29 is 28.4 Å². The lowest BCUT2D eigenvalue weighted by Gasteiger charge is -2.37. The molecule has 0 radical (unpaired) electrons. The number of ether oxygens (including phenoxy) is 2. The van der Waals surface area contributed by atoms with Crippen molar-refractivity contribution in [3.05, 3.63) is 71.7 Å². The zero-order valence-corrected chi connectivity index (χ0v) is 23.3. The molecule has 3 aliphatic rings. The molecular formula is C30H33FN3O5P. The van der Waals surface area contributed by atoms with Crippen LogP contribution in [-0.2, 0) is 11.3 Å². The van der Waals surface area contributed by atoms with Crippen LogP contribution in [0.15, 0.2) is 54.7 Å². The normalized spacial score (nSPS) is 18.9. The number of piperidine rings is 1. The van der Waals surface area contributed by atoms with Crippen molar-refractivity contribution in [1.82, 2.24) is 9.88 Å². The first-order chi connectivity index (χ1) is 19.3. The third-order valence-electron chi connectivity index (χ3n) is 8.08. The fourth-order valence-electron chi connectivity index (χ4n) is 5.75. The number of amides is 1. The molecule has 1 spiro atoms. The van der Waals surface area contributed by atoms with Crippen LogP contribution in [0.1, 0.15) is 49.7 Å². The molecule has 0 bridgehead atoms. The molecule has 3 aromatic rings. The molecule has 40 heavy (non-hydrogen) atoms. The van der Waals surface area contributed by atoms with Gasteiger partial charge < -0.3 is 19.3 Å². The smallest absolute Gasteiger partial charge is 0.415 e. The minimum Gasteiger partial charge on any atom is -0.494 e. The van der Waals surface area contributed by atoms with Gasteiger partial charge in [-0.15, -0.1) is 0 Å². The van der Waals surface area contributed by atoms with E-state index in [4.69, 9.17) is 9.47 Å². The van der Waals surface area contributed by atoms with Gasteiger partial charge in [-0.3, -0.25) is 14.8 Å². The highest BCUT2D eigenvalue weighted by molar-refractivity contribution is 7.54. The minimum absolute atomic E-state index is 0.350. The summed E-state index contributed by atoms with van der Waals surface area (Å²) in [6.45, 7) is 5.28. The molecule has 2 aliphatic heterocycles. The van der Waals surface area contributed by atoms with E-state index in [9.17, 15) is 19.0 Å². The summed E-state index contributed by atoms with van der Waals surface area (Å²) in [5.74, 6) is 0.961. The Hall–Kier alpha value is -3.10. The highest BCUT2D eigenvalue weighted by Gasteiger charge is 2.47. The molecule has 1 aromatic heterocycles. The van der Waals surface area contributed by atoms with Crippen molar-refractivity contribution in [1.29, 1.82) is 0 Å². The number of aromatic nitrogens is 1. The van der Waals surface area contributed by atoms with Gasteiger partial charge in [0, 0.05) is 54.6 Å². The highest BCUT2D eigenvalue weighted by atomic mass is 31.2. The summed E-state index contributed by atoms with van der Waals surface area (Å²) in [4.78, 5) is 40.0. The van der Waals surface area contributed by atoms with Crippen LogP contribution in [0.4, 0.5) is 14.9 Å². The van der Waals surface area contributed by atoms with Crippen LogP contribution in [0, 0.1) is 5.82 Å². The topological polar surface area (TPSA) is 95.4 Å². The number of halogens is 1. The molecule has 3 heterocycles. The maximum absolute atomic E-state index is 13.5. The van der Waals surface area contributed by atoms with Gasteiger partial charge in [0.05, 0.1) is 25.0 Å². The van der Waals surface area contributed by atoms with E-state index in [0.717, 1.165) is 67.9 Å². The van der Waals surface area contributed by atoms with Crippen molar-refractivity contribution in [2.24, 2.45) is 0 Å². The van der Waals surface area contributed by atoms with E-state index >= 15 is 0 Å². The molecule has 210 valence electrons. The van der Waals surface area contributed by atoms with Gasteiger partial charge in [-0.25, -0.2) is 9.18 Å². The fourth-order valence-corrected chi connectivity index (χ4v) is 6.17. The Labute approximate surface area is 234 Å². The van der Waals surface area contributed by atoms with Gasteiger partial charge in [0.1, 0.15) is 17.2 Å². The van der Waals surface area contributed by atoms with Gasteiger partial charge in [0.25, 0.3) is 0 Å². The minimum atomic E-state index is -2.16. The SMILES string of the molecule is CCOc1cc(-c2ccc(F)cn2)c(C2CC2)cc1CN1CCC2(CC1)CN(c1ccc(P(O)O)cc1)C(=O)O2. The largest absolute Gasteiger partial charge is 0.494 e. The Morgan fingerprint density at radius 1 is 1.12 bits per heavy atom. The lowest BCUT2D eigenvalue weighted by molar-refractivity contribution is -0.00111. The molecular weight excluding hydrogens is 532 g/mol. The van der Waals surface area contributed by atoms with Gasteiger partial charge in [0.15, 0.2) is 8.38 Å². The Morgan fingerprint density at radius 3 is 2.50 bits per heavy atom. The van der Waals surface area contributed by atoms with E-state index < -0.39 is 14.0 Å². The summed E-state index contributed by atoms with van der Waals surface area (Å²) in [7, 11) is -2.16. The van der Waals surface area contributed by atoms with Crippen LogP contribution in [0.5, 0.6) is 5.75 Å². The quantitative estimate of drug-likeness (QED) is 0.368. The highest BCUT2D eigenvalue weighted by Crippen LogP contribution is 2.46. The molecule has 3 fully saturated rings. The number of hydrogen-bond acceptors (Lipinski definition) is 7. The summed E-state index contributed by atoms with van der Waals surface area (Å²) < 4.78 is 25.6. The molecule has 1 aliphatic carbocycles. The van der Waals surface area contributed by atoms with Gasteiger partial charge in [-0.05, 0) is 79.8 Å². The van der Waals surface area contributed by atoms with E-state index in [1.807, 2.05) is 6.92 Å². The molecule has 1 amide bonds. The standard InChI is InChI=1S/C30H33FN3O5P/c1-2-38-28-16-26(27-10-5-22(31)17-32-27)25(20-3-4-20)15-21(28)18-33-13-11-30(12-14-33)19-34(29(35)39-30)23-6-8-24(9-7-23)40(36)37/h5-10,15-17,20,36-37H,2-4,11-14,18-19H2,1H3. The Bertz CT molecular complexity index is 1370. The molecule has 8 nitrogen and oxygen atoms in total. The second-order valence-corrected chi connectivity index (χ2v) is 11.9. The predicted octanol–water partition coefficient (Wildman–Crippen LogP) is 5.08. The van der Waals surface area contributed by atoms with Gasteiger partial charge >= 0.3 is 6.09 Å². The number of carbonyl (C=O) groups is 1. The third kappa shape index (κ3) is 5.56. The number of anilines is 1. The van der Waals surface area contributed by atoms with Crippen molar-refractivity contribution in [2.45, 2.75) is 50.7 Å². The zero-order chi connectivity index (χ0) is 27.9. The van der Waals surface area contributed by atoms with Gasteiger partial charge in [-0.2, -0.15) is 0 Å². The number of hydrogen-bond donors (Lipinski definition) is 2. The van der Waals surface area contributed by atoms with Crippen LogP contribution in [0.25, 0.3) is 11.3 Å². The molecule has 0 unspecified atom stereocenters. The Balaban J connectivity index is 1.16. The molecule has 10 heteroatoms. The number of carbonyl (C=O) groups excluding carboxylic acids is 1. The summed E-state index contributed by atoms with van der Waals surface area (Å²) in [5, 5.41) is 0.438. The van der Waals surface area contributed by atoms with E-state index in [1.165, 1.54) is 17.8 Å². The first-order valence-corrected chi connectivity index (χ1v) is 15.0. The first kappa shape index (κ1) is 27.1. The average Bonchev–Trinajstić information content (AvgIpc) is 3.75. The van der Waals surface area contributed by atoms with E-state index in [-0.39, 0.29) is 11.9 Å². The second-order valence-electron chi connectivity index (χ2n) is 10.8. The maximum Gasteiger partial charge on any atom is 0.415 e. The number of nitrogens with zero attached hydrogens (tertiary/aromatic N) is 3. The summed E-state index contributed by atoms with van der Waals surface area (Å²) in [5.41, 5.74) is 4.29. The van der Waals surface area contributed by atoms with E-state index in [1.54, 1.807) is 35.2 Å². The lowest BCUT2D eigenvalue weighted by Crippen LogP contribution is -2.46. The van der Waals surface area contributed by atoms with Crippen LogP contribution in [0.2, 0.25) is 0 Å². The fraction of sp³-hybridized carbons (Fsp3) is 0.400. The zero-order valence-electron chi connectivity index (χ0n) is 22.4. The summed E-state index contributed by atoms with van der Waals surface area (Å²) >= 11 is 0. The molecule has 2 aromatic carbocycles. The summed E-state index contributed by atoms with van der Waals surface area (Å²) in [6.07, 6.45) is 4.62. The Kier molecular flexibility index (Phi) is 7.48. The summed E-state index contributed by atoms with van der Waals surface area (Å²) in [6, 6.07) is 14.2. The number of benzene rings is 2. The van der Waals surface area contributed by atoms with Crippen LogP contribution < -0.4 is 14.9 Å². The van der Waals surface area contributed by atoms with E-state index in [2.05, 4.69) is 22.0 Å². The lowest BCUT2D eigenvalue weighted by atomic mass is 9.90. The molecule has 2 saturated heterocycles. The van der Waals surface area contributed by atoms with Crippen molar-refractivity contribution >= 4 is 25.5 Å². The van der Waals surface area contributed by atoms with Crippen molar-refractivity contribution in [3.8, 4) is 17.0 Å². The molecule has 1 saturated carbocycles. The van der Waals surface area contributed by atoms with Gasteiger partial charge in [-0.1, -0.05) is 0 Å². The number of rotatable bonds is 8. The van der Waals surface area contributed by atoms with Crippen molar-refractivity contribution in [3.63, 3.8) is 0 Å². The second kappa shape index (κ2) is 11.1. The number of pyridine rings is 1. The number of likely N-dealkylation sites (tertiary alicyclic amines) is 1.